The summed E-state index contributed by atoms with van der Waals surface area (Å²) in [5.41, 5.74) is 0.342. The molecule has 2 fully saturated rings. The van der Waals surface area contributed by atoms with Crippen LogP contribution in [0, 0.1) is 11.8 Å². The number of hydrogen-bond acceptors (Lipinski definition) is 4. The van der Waals surface area contributed by atoms with Crippen LogP contribution < -0.4 is 4.74 Å². The van der Waals surface area contributed by atoms with Crippen LogP contribution in [0.3, 0.4) is 0 Å². The molecule has 0 N–H and O–H groups in total. The van der Waals surface area contributed by atoms with Crippen molar-refractivity contribution in [2.45, 2.75) is 18.2 Å². The Hall–Kier alpha value is -2.34. The number of benzene rings is 1. The lowest BCUT2D eigenvalue weighted by Crippen LogP contribution is -2.43. The fraction of sp³-hybridized carbons (Fsp3) is 0.474. The van der Waals surface area contributed by atoms with Crippen molar-refractivity contribution in [3.8, 4) is 5.75 Å². The lowest BCUT2D eigenvalue weighted by atomic mass is 9.76. The van der Waals surface area contributed by atoms with E-state index in [1.54, 1.807) is 31.0 Å². The van der Waals surface area contributed by atoms with E-state index in [1.165, 1.54) is 0 Å². The van der Waals surface area contributed by atoms with Crippen LogP contribution in [0.2, 0.25) is 0 Å². The van der Waals surface area contributed by atoms with E-state index in [1.807, 2.05) is 36.4 Å². The van der Waals surface area contributed by atoms with Gasteiger partial charge in [0.25, 0.3) is 0 Å². The number of likely N-dealkylation sites (tertiary alicyclic amines) is 1. The maximum atomic E-state index is 13.1. The van der Waals surface area contributed by atoms with Crippen LogP contribution in [0.15, 0.2) is 36.4 Å². The molecule has 3 aliphatic heterocycles. The molecule has 0 radical (unpaired) electrons. The number of ether oxygens (including phenoxy) is 2. The van der Waals surface area contributed by atoms with Gasteiger partial charge >= 0.3 is 0 Å². The lowest BCUT2D eigenvalue weighted by molar-refractivity contribution is -0.141. The molecule has 2 amide bonds. The Bertz CT molecular complexity index is 760. The van der Waals surface area contributed by atoms with E-state index in [9.17, 15) is 9.59 Å². The van der Waals surface area contributed by atoms with Gasteiger partial charge < -0.3 is 19.3 Å². The summed E-state index contributed by atoms with van der Waals surface area (Å²) in [5, 5.41) is 0. The minimum absolute atomic E-state index is 0.00475. The van der Waals surface area contributed by atoms with Crippen molar-refractivity contribution in [3.05, 3.63) is 42.0 Å². The molecule has 2 saturated heterocycles. The van der Waals surface area contributed by atoms with E-state index in [-0.39, 0.29) is 17.9 Å². The van der Waals surface area contributed by atoms with Gasteiger partial charge in [0.15, 0.2) is 0 Å². The molecule has 4 atom stereocenters. The topological polar surface area (TPSA) is 59.1 Å². The molecular formula is C19H22N2O4. The minimum Gasteiger partial charge on any atom is -0.497 e. The van der Waals surface area contributed by atoms with Gasteiger partial charge in [-0.3, -0.25) is 9.59 Å². The number of methoxy groups -OCH3 is 1. The summed E-state index contributed by atoms with van der Waals surface area (Å²) in [6.07, 6.45) is 3.62. The van der Waals surface area contributed by atoms with E-state index in [2.05, 4.69) is 0 Å². The number of fused-ring (bicyclic) bond motifs is 1. The fourth-order valence-electron chi connectivity index (χ4n) is 4.28. The number of rotatable bonds is 4. The standard InChI is InChI=1S/C19H22N2O4/c1-20(2)17(22)15-14-7-8-19(25-14)11-21(18(23)16(15)19)10-12-5-4-6-13(9-12)24-3/h4-9,14-16H,10-11H2,1-3H3/t14-,15?,16?,19-/m0/s1. The highest BCUT2D eigenvalue weighted by atomic mass is 16.5. The molecule has 3 heterocycles. The van der Waals surface area contributed by atoms with Crippen LogP contribution in [-0.4, -0.2) is 61.1 Å². The van der Waals surface area contributed by atoms with Gasteiger partial charge in [-0.1, -0.05) is 24.3 Å². The van der Waals surface area contributed by atoms with Gasteiger partial charge in [-0.2, -0.15) is 0 Å². The second-order valence-corrected chi connectivity index (χ2v) is 7.18. The largest absolute Gasteiger partial charge is 0.497 e. The van der Waals surface area contributed by atoms with Crippen molar-refractivity contribution in [2.75, 3.05) is 27.7 Å². The molecule has 3 aliphatic rings. The zero-order valence-electron chi connectivity index (χ0n) is 14.6. The highest BCUT2D eigenvalue weighted by Crippen LogP contribution is 2.52. The first-order chi connectivity index (χ1) is 11.9. The molecule has 0 saturated carbocycles. The predicted octanol–water partition coefficient (Wildman–Crippen LogP) is 1.07. The fourth-order valence-corrected chi connectivity index (χ4v) is 4.28. The van der Waals surface area contributed by atoms with Crippen LogP contribution in [0.4, 0.5) is 0 Å². The van der Waals surface area contributed by atoms with Crippen molar-refractivity contribution in [1.82, 2.24) is 9.80 Å². The van der Waals surface area contributed by atoms with E-state index >= 15 is 0 Å². The highest BCUT2D eigenvalue weighted by Gasteiger charge is 2.66. The Kier molecular flexibility index (Phi) is 3.61. The molecule has 6 nitrogen and oxygen atoms in total. The summed E-state index contributed by atoms with van der Waals surface area (Å²) in [6, 6.07) is 7.68. The van der Waals surface area contributed by atoms with Crippen LogP contribution in [0.25, 0.3) is 0 Å². The maximum Gasteiger partial charge on any atom is 0.230 e. The van der Waals surface area contributed by atoms with Crippen LogP contribution >= 0.6 is 0 Å². The monoisotopic (exact) mass is 342 g/mol. The molecule has 1 aromatic rings. The lowest BCUT2D eigenvalue weighted by Gasteiger charge is -2.25. The van der Waals surface area contributed by atoms with E-state index < -0.39 is 17.4 Å². The molecule has 25 heavy (non-hydrogen) atoms. The maximum absolute atomic E-state index is 13.1. The Morgan fingerprint density at radius 1 is 1.44 bits per heavy atom. The number of amides is 2. The third-order valence-corrected chi connectivity index (χ3v) is 5.41. The molecule has 1 spiro atoms. The summed E-state index contributed by atoms with van der Waals surface area (Å²) in [5.74, 6) is -0.140. The third kappa shape index (κ3) is 2.35. The molecule has 2 unspecified atom stereocenters. The smallest absolute Gasteiger partial charge is 0.230 e. The molecule has 132 valence electrons. The Morgan fingerprint density at radius 2 is 2.24 bits per heavy atom. The number of carbonyl (C=O) groups excluding carboxylic acids is 2. The van der Waals surface area contributed by atoms with Gasteiger partial charge in [-0.15, -0.1) is 0 Å². The second-order valence-electron chi connectivity index (χ2n) is 7.18. The zero-order valence-corrected chi connectivity index (χ0v) is 14.6. The first-order valence-electron chi connectivity index (χ1n) is 8.45. The normalized spacial score (nSPS) is 32.2. The Balaban J connectivity index is 1.60. The molecule has 6 heteroatoms. The van der Waals surface area contributed by atoms with E-state index in [0.29, 0.717) is 13.1 Å². The van der Waals surface area contributed by atoms with Crippen molar-refractivity contribution in [1.29, 1.82) is 0 Å². The van der Waals surface area contributed by atoms with Crippen molar-refractivity contribution >= 4 is 11.8 Å². The van der Waals surface area contributed by atoms with Crippen LogP contribution in [0.1, 0.15) is 5.56 Å². The second kappa shape index (κ2) is 5.59. The third-order valence-electron chi connectivity index (χ3n) is 5.41. The highest BCUT2D eigenvalue weighted by molar-refractivity contribution is 5.92. The molecular weight excluding hydrogens is 320 g/mol. The van der Waals surface area contributed by atoms with Gasteiger partial charge in [0.1, 0.15) is 11.4 Å². The summed E-state index contributed by atoms with van der Waals surface area (Å²) < 4.78 is 11.4. The SMILES string of the molecule is COc1cccc(CN2C[C@]34C=C[C@H](O3)C(C(=O)N(C)C)C4C2=O)c1. The summed E-state index contributed by atoms with van der Waals surface area (Å²) >= 11 is 0. The summed E-state index contributed by atoms with van der Waals surface area (Å²) in [7, 11) is 5.06. The number of carbonyl (C=O) groups is 2. The van der Waals surface area contributed by atoms with Crippen molar-refractivity contribution in [2.24, 2.45) is 11.8 Å². The molecule has 1 aromatic carbocycles. The quantitative estimate of drug-likeness (QED) is 0.768. The molecule has 0 aromatic heterocycles. The van der Waals surface area contributed by atoms with Crippen LogP contribution in [0.5, 0.6) is 5.75 Å². The first-order valence-corrected chi connectivity index (χ1v) is 8.45. The molecule has 0 aliphatic carbocycles. The average molecular weight is 342 g/mol. The van der Waals surface area contributed by atoms with Gasteiger partial charge in [-0.25, -0.2) is 0 Å². The number of nitrogens with zero attached hydrogens (tertiary/aromatic N) is 2. The summed E-state index contributed by atoms with van der Waals surface area (Å²) in [4.78, 5) is 29.0. The Morgan fingerprint density at radius 3 is 2.96 bits per heavy atom. The minimum atomic E-state index is -0.656. The molecule has 2 bridgehead atoms. The van der Waals surface area contributed by atoms with Crippen molar-refractivity contribution in [3.63, 3.8) is 0 Å². The Labute approximate surface area is 147 Å². The number of hydrogen-bond donors (Lipinski definition) is 0. The first kappa shape index (κ1) is 16.1. The summed E-state index contributed by atoms with van der Waals surface area (Å²) in [6.45, 7) is 0.969. The van der Waals surface area contributed by atoms with E-state index in [4.69, 9.17) is 9.47 Å². The van der Waals surface area contributed by atoms with Gasteiger partial charge in [-0.05, 0) is 17.7 Å². The predicted molar refractivity (Wildman–Crippen MR) is 90.8 cm³/mol. The van der Waals surface area contributed by atoms with Gasteiger partial charge in [0, 0.05) is 20.6 Å². The van der Waals surface area contributed by atoms with Crippen LogP contribution in [-0.2, 0) is 20.9 Å². The average Bonchev–Trinajstić information content (AvgIpc) is 3.23. The zero-order chi connectivity index (χ0) is 17.8. The van der Waals surface area contributed by atoms with Gasteiger partial charge in [0.2, 0.25) is 11.8 Å². The van der Waals surface area contributed by atoms with Gasteiger partial charge in [0.05, 0.1) is 31.6 Å². The van der Waals surface area contributed by atoms with E-state index in [0.717, 1.165) is 11.3 Å². The van der Waals surface area contributed by atoms with Crippen molar-refractivity contribution < 1.29 is 19.1 Å². The molecule has 4 rings (SSSR count).